The predicted octanol–water partition coefficient (Wildman–Crippen LogP) is 2.02. The summed E-state index contributed by atoms with van der Waals surface area (Å²) in [6, 6.07) is 10.3. The summed E-state index contributed by atoms with van der Waals surface area (Å²) in [5.41, 5.74) is 0.788. The SMILES string of the molecule is Cc1cc(=O)c(O)cn1Cc1cc2ccccc2oc1=O. The fraction of sp³-hybridized carbons (Fsp3) is 0.125. The molecule has 0 atom stereocenters. The molecule has 0 saturated carbocycles. The van der Waals surface area contributed by atoms with Crippen molar-refractivity contribution < 1.29 is 9.52 Å². The molecule has 0 aliphatic rings. The van der Waals surface area contributed by atoms with Gasteiger partial charge in [-0.1, -0.05) is 18.2 Å². The van der Waals surface area contributed by atoms with Gasteiger partial charge in [0.15, 0.2) is 5.75 Å². The smallest absolute Gasteiger partial charge is 0.341 e. The average molecular weight is 283 g/mol. The van der Waals surface area contributed by atoms with E-state index in [1.165, 1.54) is 12.3 Å². The van der Waals surface area contributed by atoms with Crippen LogP contribution in [0, 0.1) is 6.92 Å². The second kappa shape index (κ2) is 4.94. The van der Waals surface area contributed by atoms with E-state index in [2.05, 4.69) is 0 Å². The van der Waals surface area contributed by atoms with Crippen LogP contribution in [0.3, 0.4) is 0 Å². The zero-order valence-corrected chi connectivity index (χ0v) is 11.4. The summed E-state index contributed by atoms with van der Waals surface area (Å²) in [4.78, 5) is 23.3. The van der Waals surface area contributed by atoms with E-state index in [9.17, 15) is 14.7 Å². The van der Waals surface area contributed by atoms with Gasteiger partial charge < -0.3 is 14.1 Å². The molecule has 1 aromatic carbocycles. The number of aromatic hydroxyl groups is 1. The van der Waals surface area contributed by atoms with Gasteiger partial charge in [0.2, 0.25) is 5.43 Å². The quantitative estimate of drug-likeness (QED) is 0.730. The van der Waals surface area contributed by atoms with Crippen molar-refractivity contribution in [2.75, 3.05) is 0 Å². The number of aryl methyl sites for hydroxylation is 1. The zero-order chi connectivity index (χ0) is 15.0. The van der Waals surface area contributed by atoms with Gasteiger partial charge in [-0.25, -0.2) is 4.79 Å². The predicted molar refractivity (Wildman–Crippen MR) is 78.7 cm³/mol. The normalized spacial score (nSPS) is 10.9. The first-order chi connectivity index (χ1) is 10.0. The van der Waals surface area contributed by atoms with E-state index in [4.69, 9.17) is 4.42 Å². The van der Waals surface area contributed by atoms with E-state index < -0.39 is 11.1 Å². The van der Waals surface area contributed by atoms with Gasteiger partial charge in [-0.3, -0.25) is 4.79 Å². The topological polar surface area (TPSA) is 72.4 Å². The largest absolute Gasteiger partial charge is 0.503 e. The summed E-state index contributed by atoms with van der Waals surface area (Å²) in [6.07, 6.45) is 1.33. The van der Waals surface area contributed by atoms with Crippen molar-refractivity contribution >= 4 is 11.0 Å². The number of aromatic nitrogens is 1. The number of hydrogen-bond acceptors (Lipinski definition) is 4. The van der Waals surface area contributed by atoms with Crippen molar-refractivity contribution in [3.63, 3.8) is 0 Å². The molecule has 2 aromatic heterocycles. The van der Waals surface area contributed by atoms with Gasteiger partial charge in [0, 0.05) is 17.1 Å². The van der Waals surface area contributed by atoms with Crippen molar-refractivity contribution in [2.45, 2.75) is 13.5 Å². The van der Waals surface area contributed by atoms with Crippen molar-refractivity contribution in [2.24, 2.45) is 0 Å². The van der Waals surface area contributed by atoms with E-state index in [1.807, 2.05) is 12.1 Å². The molecule has 0 radical (unpaired) electrons. The lowest BCUT2D eigenvalue weighted by Crippen LogP contribution is -2.15. The molecule has 0 saturated heterocycles. The monoisotopic (exact) mass is 283 g/mol. The van der Waals surface area contributed by atoms with E-state index in [1.54, 1.807) is 29.7 Å². The third-order valence-corrected chi connectivity index (χ3v) is 3.38. The Labute approximate surface area is 119 Å². The third kappa shape index (κ3) is 2.45. The number of para-hydroxylation sites is 1. The molecule has 0 fully saturated rings. The average Bonchev–Trinajstić information content (AvgIpc) is 2.45. The molecule has 5 heteroatoms. The van der Waals surface area contributed by atoms with Crippen LogP contribution in [0.5, 0.6) is 5.75 Å². The lowest BCUT2D eigenvalue weighted by Gasteiger charge is -2.10. The summed E-state index contributed by atoms with van der Waals surface area (Å²) in [5.74, 6) is -0.342. The Morgan fingerprint density at radius 3 is 2.76 bits per heavy atom. The van der Waals surface area contributed by atoms with Gasteiger partial charge >= 0.3 is 5.63 Å². The van der Waals surface area contributed by atoms with Crippen molar-refractivity contribution in [3.05, 3.63) is 74.5 Å². The fourth-order valence-electron chi connectivity index (χ4n) is 2.23. The number of fused-ring (bicyclic) bond motifs is 1. The van der Waals surface area contributed by atoms with Crippen molar-refractivity contribution in [1.82, 2.24) is 4.57 Å². The second-order valence-corrected chi connectivity index (χ2v) is 4.89. The van der Waals surface area contributed by atoms with Crippen LogP contribution in [0.1, 0.15) is 11.3 Å². The van der Waals surface area contributed by atoms with Crippen LogP contribution in [0.15, 0.2) is 56.6 Å². The Kier molecular flexibility index (Phi) is 3.10. The maximum absolute atomic E-state index is 12.0. The van der Waals surface area contributed by atoms with Crippen LogP contribution in [0.25, 0.3) is 11.0 Å². The van der Waals surface area contributed by atoms with Crippen molar-refractivity contribution in [3.8, 4) is 5.75 Å². The first-order valence-electron chi connectivity index (χ1n) is 6.46. The molecule has 1 N–H and O–H groups in total. The Bertz CT molecular complexity index is 937. The molecular formula is C16H13NO4. The summed E-state index contributed by atoms with van der Waals surface area (Å²) >= 11 is 0. The fourth-order valence-corrected chi connectivity index (χ4v) is 2.23. The lowest BCUT2D eigenvalue weighted by atomic mass is 10.2. The van der Waals surface area contributed by atoms with Crippen LogP contribution in [-0.4, -0.2) is 9.67 Å². The van der Waals surface area contributed by atoms with Gasteiger partial charge in [-0.05, 0) is 19.1 Å². The number of nitrogens with zero attached hydrogens (tertiary/aromatic N) is 1. The number of rotatable bonds is 2. The molecule has 106 valence electrons. The van der Waals surface area contributed by atoms with Crippen LogP contribution in [0.2, 0.25) is 0 Å². The molecule has 3 aromatic rings. The summed E-state index contributed by atoms with van der Waals surface area (Å²) < 4.78 is 6.90. The Hall–Kier alpha value is -2.82. The van der Waals surface area contributed by atoms with Gasteiger partial charge in [-0.2, -0.15) is 0 Å². The molecule has 0 unspecified atom stereocenters. The highest BCUT2D eigenvalue weighted by molar-refractivity contribution is 5.76. The number of pyridine rings is 1. The molecular weight excluding hydrogens is 270 g/mol. The van der Waals surface area contributed by atoms with E-state index >= 15 is 0 Å². The third-order valence-electron chi connectivity index (χ3n) is 3.38. The summed E-state index contributed by atoms with van der Waals surface area (Å²) in [5, 5.41) is 10.3. The first-order valence-corrected chi connectivity index (χ1v) is 6.46. The highest BCUT2D eigenvalue weighted by Gasteiger charge is 2.08. The number of hydrogen-bond donors (Lipinski definition) is 1. The minimum absolute atomic E-state index is 0.229. The maximum atomic E-state index is 12.0. The van der Waals surface area contributed by atoms with Gasteiger partial charge in [-0.15, -0.1) is 0 Å². The molecule has 3 rings (SSSR count). The summed E-state index contributed by atoms with van der Waals surface area (Å²) in [7, 11) is 0. The standard InChI is InChI=1S/C16H13NO4/c1-10-6-13(18)14(19)9-17(10)8-12-7-11-4-2-3-5-15(11)21-16(12)20/h2-7,9,19H,8H2,1H3. The molecule has 0 aliphatic carbocycles. The minimum atomic E-state index is -0.436. The second-order valence-electron chi connectivity index (χ2n) is 4.89. The molecule has 2 heterocycles. The Morgan fingerprint density at radius 1 is 1.19 bits per heavy atom. The molecule has 21 heavy (non-hydrogen) atoms. The van der Waals surface area contributed by atoms with E-state index in [-0.39, 0.29) is 12.3 Å². The van der Waals surface area contributed by atoms with Gasteiger partial charge in [0.05, 0.1) is 18.3 Å². The highest BCUT2D eigenvalue weighted by atomic mass is 16.4. The molecule has 0 spiro atoms. The van der Waals surface area contributed by atoms with Crippen LogP contribution in [0.4, 0.5) is 0 Å². The minimum Gasteiger partial charge on any atom is -0.503 e. The van der Waals surface area contributed by atoms with E-state index in [0.717, 1.165) is 5.39 Å². The van der Waals surface area contributed by atoms with Crippen LogP contribution < -0.4 is 11.1 Å². The Balaban J connectivity index is 2.10. The maximum Gasteiger partial charge on any atom is 0.341 e. The molecule has 0 aliphatic heterocycles. The molecule has 5 nitrogen and oxygen atoms in total. The van der Waals surface area contributed by atoms with Crippen molar-refractivity contribution in [1.29, 1.82) is 0 Å². The number of benzene rings is 1. The van der Waals surface area contributed by atoms with Gasteiger partial charge in [0.1, 0.15) is 5.58 Å². The first kappa shape index (κ1) is 13.2. The molecule has 0 amide bonds. The summed E-state index contributed by atoms with van der Waals surface area (Å²) in [6.45, 7) is 1.97. The van der Waals surface area contributed by atoms with Crippen LogP contribution in [-0.2, 0) is 6.54 Å². The van der Waals surface area contributed by atoms with Gasteiger partial charge in [0.25, 0.3) is 0 Å². The lowest BCUT2D eigenvalue weighted by molar-refractivity contribution is 0.460. The van der Waals surface area contributed by atoms with Crippen LogP contribution >= 0.6 is 0 Å². The zero-order valence-electron chi connectivity index (χ0n) is 11.4. The Morgan fingerprint density at radius 2 is 1.95 bits per heavy atom. The molecule has 0 bridgehead atoms. The highest BCUT2D eigenvalue weighted by Crippen LogP contribution is 2.14. The van der Waals surface area contributed by atoms with E-state index in [0.29, 0.717) is 16.8 Å².